The summed E-state index contributed by atoms with van der Waals surface area (Å²) in [4.78, 5) is 23.4. The minimum Gasteiger partial charge on any atom is -0.308 e. The Labute approximate surface area is 229 Å². The SMILES string of the molecule is CCCCN(CC)S(=O)(=O)c1ccc(C(=O)N(CCN(C)C)c2nc3c(SC)cccc3s2)cc1.Cl. The first-order chi connectivity index (χ1) is 16.7. The average molecular weight is 571 g/mol. The fraction of sp³-hybridized carbons (Fsp3) is 0.440. The van der Waals surface area contributed by atoms with E-state index >= 15 is 0 Å². The van der Waals surface area contributed by atoms with Gasteiger partial charge in [0, 0.05) is 36.6 Å². The zero-order valence-corrected chi connectivity index (χ0v) is 24.7. The van der Waals surface area contributed by atoms with Crippen LogP contribution in [0.25, 0.3) is 10.2 Å². The average Bonchev–Trinajstić information content (AvgIpc) is 3.28. The van der Waals surface area contributed by atoms with Crippen molar-refractivity contribution < 1.29 is 13.2 Å². The fourth-order valence-corrected chi connectivity index (χ4v) is 6.77. The number of carbonyl (C=O) groups excluding carboxylic acids is 1. The molecule has 0 saturated carbocycles. The second kappa shape index (κ2) is 13.7. The lowest BCUT2D eigenvalue weighted by molar-refractivity contribution is 0.0985. The van der Waals surface area contributed by atoms with Crippen LogP contribution in [0.4, 0.5) is 5.13 Å². The first-order valence-electron chi connectivity index (χ1n) is 11.7. The minimum atomic E-state index is -3.60. The lowest BCUT2D eigenvalue weighted by Crippen LogP contribution is -2.36. The molecule has 0 N–H and O–H groups in total. The molecule has 0 saturated heterocycles. The Hall–Kier alpha value is -1.69. The zero-order chi connectivity index (χ0) is 25.6. The summed E-state index contributed by atoms with van der Waals surface area (Å²) < 4.78 is 28.6. The number of para-hydroxylation sites is 1. The number of sulfonamides is 1. The van der Waals surface area contributed by atoms with Crippen molar-refractivity contribution >= 4 is 66.8 Å². The van der Waals surface area contributed by atoms with Gasteiger partial charge in [-0.1, -0.05) is 37.7 Å². The standard InChI is InChI=1S/C25H34N4O3S3.ClH/c1-6-8-16-28(7-2)35(31,32)20-14-12-19(13-15-20)24(30)29(18-17-27(3)4)25-26-23-21(33-5)10-9-11-22(23)34-25;/h9-15H,6-8,16-18H2,1-5H3;1H. The topological polar surface area (TPSA) is 73.8 Å². The number of anilines is 1. The maximum atomic E-state index is 13.6. The third kappa shape index (κ3) is 6.99. The van der Waals surface area contributed by atoms with Crippen LogP contribution < -0.4 is 4.90 Å². The van der Waals surface area contributed by atoms with Crippen LogP contribution in [0, 0.1) is 0 Å². The number of fused-ring (bicyclic) bond motifs is 1. The molecule has 0 radical (unpaired) electrons. The second-order valence-electron chi connectivity index (χ2n) is 8.44. The molecule has 3 rings (SSSR count). The van der Waals surface area contributed by atoms with E-state index in [2.05, 4.69) is 0 Å². The minimum absolute atomic E-state index is 0. The summed E-state index contributed by atoms with van der Waals surface area (Å²) in [5.41, 5.74) is 1.33. The molecular weight excluding hydrogens is 536 g/mol. The monoisotopic (exact) mass is 570 g/mol. The van der Waals surface area contributed by atoms with Crippen molar-refractivity contribution in [3.8, 4) is 0 Å². The highest BCUT2D eigenvalue weighted by Gasteiger charge is 2.25. The molecular formula is C25H35ClN4O3S3. The molecule has 0 aliphatic rings. The van der Waals surface area contributed by atoms with E-state index in [0.29, 0.717) is 36.9 Å². The van der Waals surface area contributed by atoms with Crippen molar-refractivity contribution in [2.24, 2.45) is 0 Å². The number of benzene rings is 2. The Morgan fingerprint density at radius 3 is 2.31 bits per heavy atom. The number of halogens is 1. The van der Waals surface area contributed by atoms with Crippen LogP contribution >= 0.6 is 35.5 Å². The number of unbranched alkanes of at least 4 members (excludes halogenated alkanes) is 1. The third-order valence-corrected chi connectivity index (χ3v) is 9.49. The van der Waals surface area contributed by atoms with Gasteiger partial charge in [0.1, 0.15) is 0 Å². The van der Waals surface area contributed by atoms with Gasteiger partial charge in [-0.25, -0.2) is 13.4 Å². The summed E-state index contributed by atoms with van der Waals surface area (Å²) >= 11 is 3.12. The van der Waals surface area contributed by atoms with Crippen molar-refractivity contribution in [2.75, 3.05) is 51.4 Å². The van der Waals surface area contributed by atoms with E-state index in [0.717, 1.165) is 28.0 Å². The summed E-state index contributed by atoms with van der Waals surface area (Å²) in [7, 11) is 0.330. The Morgan fingerprint density at radius 1 is 1.03 bits per heavy atom. The number of thiazole rings is 1. The summed E-state index contributed by atoms with van der Waals surface area (Å²) in [6.07, 6.45) is 3.75. The van der Waals surface area contributed by atoms with E-state index in [1.807, 2.05) is 57.3 Å². The molecule has 198 valence electrons. The van der Waals surface area contributed by atoms with Gasteiger partial charge in [0.25, 0.3) is 5.91 Å². The predicted octanol–water partition coefficient (Wildman–Crippen LogP) is 5.46. The van der Waals surface area contributed by atoms with E-state index in [1.165, 1.54) is 27.8 Å². The number of likely N-dealkylation sites (N-methyl/N-ethyl adjacent to an activating group) is 1. The van der Waals surface area contributed by atoms with E-state index in [4.69, 9.17) is 4.98 Å². The molecule has 0 aliphatic heterocycles. The van der Waals surface area contributed by atoms with Crippen LogP contribution in [0.15, 0.2) is 52.3 Å². The van der Waals surface area contributed by atoms with E-state index in [1.54, 1.807) is 28.8 Å². The van der Waals surface area contributed by atoms with Crippen LogP contribution in [0.1, 0.15) is 37.0 Å². The normalized spacial score (nSPS) is 11.8. The molecule has 2 aromatic carbocycles. The largest absolute Gasteiger partial charge is 0.308 e. The van der Waals surface area contributed by atoms with Crippen LogP contribution in [-0.4, -0.2) is 75.0 Å². The lowest BCUT2D eigenvalue weighted by atomic mass is 10.2. The van der Waals surface area contributed by atoms with Crippen molar-refractivity contribution in [3.05, 3.63) is 48.0 Å². The number of carbonyl (C=O) groups is 1. The maximum Gasteiger partial charge on any atom is 0.260 e. The highest BCUT2D eigenvalue weighted by atomic mass is 35.5. The van der Waals surface area contributed by atoms with Gasteiger partial charge in [-0.3, -0.25) is 9.69 Å². The van der Waals surface area contributed by atoms with Crippen LogP contribution in [0.3, 0.4) is 0 Å². The first-order valence-corrected chi connectivity index (χ1v) is 15.2. The van der Waals surface area contributed by atoms with Gasteiger partial charge < -0.3 is 4.90 Å². The number of amides is 1. The summed E-state index contributed by atoms with van der Waals surface area (Å²) in [5.74, 6) is -0.195. The lowest BCUT2D eigenvalue weighted by Gasteiger charge is -2.23. The predicted molar refractivity (Wildman–Crippen MR) is 155 cm³/mol. The fourth-order valence-electron chi connectivity index (χ4n) is 3.63. The zero-order valence-electron chi connectivity index (χ0n) is 21.4. The Bertz CT molecular complexity index is 1250. The molecule has 1 aromatic heterocycles. The number of rotatable bonds is 12. The molecule has 3 aromatic rings. The molecule has 0 atom stereocenters. The number of hydrogen-bond acceptors (Lipinski definition) is 7. The number of nitrogens with zero attached hydrogens (tertiary/aromatic N) is 4. The van der Waals surface area contributed by atoms with Crippen LogP contribution in [-0.2, 0) is 10.0 Å². The van der Waals surface area contributed by atoms with Gasteiger partial charge in [-0.05, 0) is 63.2 Å². The van der Waals surface area contributed by atoms with Crippen molar-refractivity contribution in [3.63, 3.8) is 0 Å². The Balaban J connectivity index is 0.00000456. The molecule has 0 unspecified atom stereocenters. The number of aromatic nitrogens is 1. The second-order valence-corrected chi connectivity index (χ2v) is 12.2. The van der Waals surface area contributed by atoms with Gasteiger partial charge in [-0.15, -0.1) is 24.2 Å². The third-order valence-electron chi connectivity index (χ3n) is 5.69. The van der Waals surface area contributed by atoms with E-state index in [-0.39, 0.29) is 23.2 Å². The molecule has 1 heterocycles. The van der Waals surface area contributed by atoms with Crippen molar-refractivity contribution in [1.29, 1.82) is 0 Å². The number of thioether (sulfide) groups is 1. The highest BCUT2D eigenvalue weighted by Crippen LogP contribution is 2.34. The Morgan fingerprint density at radius 2 is 1.72 bits per heavy atom. The van der Waals surface area contributed by atoms with Gasteiger partial charge in [0.05, 0.1) is 15.1 Å². The smallest absolute Gasteiger partial charge is 0.260 e. The van der Waals surface area contributed by atoms with Gasteiger partial charge in [0.15, 0.2) is 5.13 Å². The van der Waals surface area contributed by atoms with E-state index < -0.39 is 10.0 Å². The Kier molecular flexibility index (Phi) is 11.7. The molecule has 36 heavy (non-hydrogen) atoms. The number of hydrogen-bond donors (Lipinski definition) is 0. The van der Waals surface area contributed by atoms with Gasteiger partial charge >= 0.3 is 0 Å². The summed E-state index contributed by atoms with van der Waals surface area (Å²) in [6, 6.07) is 12.3. The van der Waals surface area contributed by atoms with Crippen molar-refractivity contribution in [1.82, 2.24) is 14.2 Å². The summed E-state index contributed by atoms with van der Waals surface area (Å²) in [6.45, 7) is 5.93. The van der Waals surface area contributed by atoms with E-state index in [9.17, 15) is 13.2 Å². The van der Waals surface area contributed by atoms with Crippen molar-refractivity contribution in [2.45, 2.75) is 36.5 Å². The quantitative estimate of drug-likeness (QED) is 0.269. The van der Waals surface area contributed by atoms with Gasteiger partial charge in [-0.2, -0.15) is 4.31 Å². The molecule has 0 fully saturated rings. The molecule has 11 heteroatoms. The molecule has 1 amide bonds. The molecule has 0 aliphatic carbocycles. The highest BCUT2D eigenvalue weighted by molar-refractivity contribution is 7.98. The molecule has 0 spiro atoms. The van der Waals surface area contributed by atoms with Crippen LogP contribution in [0.2, 0.25) is 0 Å². The summed E-state index contributed by atoms with van der Waals surface area (Å²) in [5, 5.41) is 0.641. The van der Waals surface area contributed by atoms with Crippen LogP contribution in [0.5, 0.6) is 0 Å². The maximum absolute atomic E-state index is 13.6. The first kappa shape index (κ1) is 30.5. The molecule has 7 nitrogen and oxygen atoms in total. The van der Waals surface area contributed by atoms with Gasteiger partial charge in [0.2, 0.25) is 10.0 Å². The molecule has 0 bridgehead atoms.